The molecular weight excluding hydrogens is 335 g/mol. The van der Waals surface area contributed by atoms with E-state index in [1.54, 1.807) is 20.0 Å². The van der Waals surface area contributed by atoms with Crippen LogP contribution in [0.3, 0.4) is 0 Å². The average molecular weight is 353 g/mol. The molecule has 1 fully saturated rings. The maximum atomic E-state index is 13.3. The van der Waals surface area contributed by atoms with Crippen molar-refractivity contribution < 1.29 is 23.1 Å². The van der Waals surface area contributed by atoms with E-state index in [9.17, 15) is 23.1 Å². The van der Waals surface area contributed by atoms with Gasteiger partial charge in [0.1, 0.15) is 5.69 Å². The number of carbonyl (C=O) groups is 1. The van der Waals surface area contributed by atoms with Crippen LogP contribution in [0.15, 0.2) is 30.3 Å². The average Bonchev–Trinajstić information content (AvgIpc) is 3.08. The number of benzene rings is 1. The maximum Gasteiger partial charge on any atom is 0.416 e. The zero-order chi connectivity index (χ0) is 18.4. The normalized spacial score (nSPS) is 21.0. The standard InChI is InChI=1S/C17H18F3N3O2/c1-10-7-15(22(2)21-10)16(25)23-9-11(24)8-14(23)12-5-3-4-6-13(12)17(18,19)20/h3-7,11,14,24H,8-9H2,1-2H3. The highest BCUT2D eigenvalue weighted by molar-refractivity contribution is 5.93. The van der Waals surface area contributed by atoms with Crippen molar-refractivity contribution >= 4 is 5.91 Å². The topological polar surface area (TPSA) is 58.4 Å². The minimum atomic E-state index is -4.53. The van der Waals surface area contributed by atoms with Crippen LogP contribution in [0, 0.1) is 6.92 Å². The summed E-state index contributed by atoms with van der Waals surface area (Å²) in [5.74, 6) is -0.443. The van der Waals surface area contributed by atoms with E-state index >= 15 is 0 Å². The SMILES string of the molecule is Cc1cc(C(=O)N2CC(O)CC2c2ccccc2C(F)(F)F)n(C)n1. The highest BCUT2D eigenvalue weighted by Crippen LogP contribution is 2.40. The lowest BCUT2D eigenvalue weighted by atomic mass is 9.97. The van der Waals surface area contributed by atoms with Crippen molar-refractivity contribution in [2.24, 2.45) is 7.05 Å². The largest absolute Gasteiger partial charge is 0.416 e. The number of halogens is 3. The molecule has 1 saturated heterocycles. The van der Waals surface area contributed by atoms with Crippen molar-refractivity contribution in [3.05, 3.63) is 52.8 Å². The van der Waals surface area contributed by atoms with Crippen LogP contribution in [0.5, 0.6) is 0 Å². The first-order valence-corrected chi connectivity index (χ1v) is 7.84. The van der Waals surface area contributed by atoms with Crippen LogP contribution in [0.25, 0.3) is 0 Å². The number of aliphatic hydroxyl groups excluding tert-OH is 1. The molecule has 2 unspecified atom stereocenters. The van der Waals surface area contributed by atoms with Crippen molar-refractivity contribution in [1.82, 2.24) is 14.7 Å². The lowest BCUT2D eigenvalue weighted by Crippen LogP contribution is -2.33. The van der Waals surface area contributed by atoms with Crippen LogP contribution in [0.1, 0.15) is 39.8 Å². The van der Waals surface area contributed by atoms with E-state index in [-0.39, 0.29) is 24.2 Å². The lowest BCUT2D eigenvalue weighted by Gasteiger charge is -2.27. The zero-order valence-corrected chi connectivity index (χ0v) is 13.8. The minimum absolute atomic E-state index is 0.00112. The Morgan fingerprint density at radius 3 is 2.60 bits per heavy atom. The van der Waals surface area contributed by atoms with Gasteiger partial charge in [0, 0.05) is 13.6 Å². The first-order chi connectivity index (χ1) is 11.7. The molecule has 0 aliphatic carbocycles. The van der Waals surface area contributed by atoms with Gasteiger partial charge in [0.25, 0.3) is 5.91 Å². The van der Waals surface area contributed by atoms with Gasteiger partial charge in [-0.25, -0.2) is 0 Å². The number of aliphatic hydroxyl groups is 1. The molecule has 2 aromatic rings. The fourth-order valence-corrected chi connectivity index (χ4v) is 3.34. The van der Waals surface area contributed by atoms with Gasteiger partial charge in [-0.15, -0.1) is 0 Å². The van der Waals surface area contributed by atoms with Gasteiger partial charge in [-0.3, -0.25) is 9.48 Å². The molecule has 1 aromatic heterocycles. The summed E-state index contributed by atoms with van der Waals surface area (Å²) in [6.07, 6.45) is -5.33. The second-order valence-corrected chi connectivity index (χ2v) is 6.24. The molecule has 25 heavy (non-hydrogen) atoms. The predicted octanol–water partition coefficient (Wildman–Crippen LogP) is 2.70. The monoisotopic (exact) mass is 353 g/mol. The fraction of sp³-hybridized carbons (Fsp3) is 0.412. The van der Waals surface area contributed by atoms with E-state index in [1.165, 1.54) is 27.8 Å². The van der Waals surface area contributed by atoms with Gasteiger partial charge in [-0.2, -0.15) is 18.3 Å². The zero-order valence-electron chi connectivity index (χ0n) is 13.8. The Hall–Kier alpha value is -2.35. The van der Waals surface area contributed by atoms with E-state index in [0.29, 0.717) is 5.69 Å². The van der Waals surface area contributed by atoms with E-state index in [1.807, 2.05) is 0 Å². The van der Waals surface area contributed by atoms with Crippen LogP contribution in [0.2, 0.25) is 0 Å². The van der Waals surface area contributed by atoms with E-state index in [2.05, 4.69) is 5.10 Å². The van der Waals surface area contributed by atoms with Crippen LogP contribution < -0.4 is 0 Å². The number of aromatic nitrogens is 2. The Morgan fingerprint density at radius 1 is 1.32 bits per heavy atom. The number of alkyl halides is 3. The van der Waals surface area contributed by atoms with Gasteiger partial charge in [-0.05, 0) is 31.0 Å². The molecular formula is C17H18F3N3O2. The molecule has 1 amide bonds. The Labute approximate surface area is 142 Å². The summed E-state index contributed by atoms with van der Waals surface area (Å²) in [4.78, 5) is 14.1. The molecule has 8 heteroatoms. The van der Waals surface area contributed by atoms with Crippen LogP contribution in [-0.2, 0) is 13.2 Å². The number of nitrogens with zero attached hydrogens (tertiary/aromatic N) is 3. The summed E-state index contributed by atoms with van der Waals surface area (Å²) in [5.41, 5.74) is 0.130. The Bertz CT molecular complexity index is 801. The Balaban J connectivity index is 2.01. The molecule has 5 nitrogen and oxygen atoms in total. The van der Waals surface area contributed by atoms with Gasteiger partial charge in [-0.1, -0.05) is 18.2 Å². The molecule has 1 N–H and O–H groups in total. The van der Waals surface area contributed by atoms with Crippen LogP contribution in [0.4, 0.5) is 13.2 Å². The molecule has 0 saturated carbocycles. The molecule has 2 atom stereocenters. The summed E-state index contributed by atoms with van der Waals surface area (Å²) in [7, 11) is 1.60. The molecule has 1 aromatic carbocycles. The van der Waals surface area contributed by atoms with Crippen molar-refractivity contribution in [2.45, 2.75) is 31.7 Å². The quantitative estimate of drug-likeness (QED) is 0.903. The number of likely N-dealkylation sites (tertiary alicyclic amines) is 1. The van der Waals surface area contributed by atoms with Crippen molar-refractivity contribution in [1.29, 1.82) is 0 Å². The number of β-amino-alcohol motifs (C(OH)–C–C–N with tert-alkyl or cyclic N) is 1. The molecule has 1 aliphatic rings. The van der Waals surface area contributed by atoms with Gasteiger partial charge < -0.3 is 10.0 Å². The van der Waals surface area contributed by atoms with Crippen molar-refractivity contribution in [3.63, 3.8) is 0 Å². The summed E-state index contributed by atoms with van der Waals surface area (Å²) in [6, 6.07) is 5.92. The third kappa shape index (κ3) is 3.26. The van der Waals surface area contributed by atoms with Crippen LogP contribution >= 0.6 is 0 Å². The Morgan fingerprint density at radius 2 is 2.00 bits per heavy atom. The highest BCUT2D eigenvalue weighted by Gasteiger charge is 2.42. The van der Waals surface area contributed by atoms with Gasteiger partial charge >= 0.3 is 6.18 Å². The smallest absolute Gasteiger partial charge is 0.391 e. The third-order valence-corrected chi connectivity index (χ3v) is 4.39. The Kier molecular flexibility index (Phi) is 4.32. The second-order valence-electron chi connectivity index (χ2n) is 6.24. The number of hydrogen-bond donors (Lipinski definition) is 1. The predicted molar refractivity (Wildman–Crippen MR) is 83.8 cm³/mol. The molecule has 0 radical (unpaired) electrons. The van der Waals surface area contributed by atoms with Gasteiger partial charge in [0.05, 0.1) is 23.4 Å². The van der Waals surface area contributed by atoms with E-state index in [4.69, 9.17) is 0 Å². The van der Waals surface area contributed by atoms with Gasteiger partial charge in [0.2, 0.25) is 0 Å². The summed E-state index contributed by atoms with van der Waals surface area (Å²) in [6.45, 7) is 1.71. The summed E-state index contributed by atoms with van der Waals surface area (Å²) >= 11 is 0. The molecule has 134 valence electrons. The molecule has 3 rings (SSSR count). The fourth-order valence-electron chi connectivity index (χ4n) is 3.34. The molecule has 2 heterocycles. The van der Waals surface area contributed by atoms with Gasteiger partial charge in [0.15, 0.2) is 0 Å². The molecule has 0 spiro atoms. The van der Waals surface area contributed by atoms with E-state index < -0.39 is 29.8 Å². The number of aryl methyl sites for hydroxylation is 2. The van der Waals surface area contributed by atoms with Crippen molar-refractivity contribution in [2.75, 3.05) is 6.54 Å². The molecule has 1 aliphatic heterocycles. The highest BCUT2D eigenvalue weighted by atomic mass is 19.4. The maximum absolute atomic E-state index is 13.3. The van der Waals surface area contributed by atoms with Crippen LogP contribution in [-0.4, -0.2) is 38.3 Å². The number of amides is 1. The summed E-state index contributed by atoms with van der Waals surface area (Å²) < 4.78 is 41.4. The number of rotatable bonds is 2. The lowest BCUT2D eigenvalue weighted by molar-refractivity contribution is -0.138. The van der Waals surface area contributed by atoms with E-state index in [0.717, 1.165) is 6.07 Å². The first kappa shape index (κ1) is 17.5. The first-order valence-electron chi connectivity index (χ1n) is 7.84. The second kappa shape index (κ2) is 6.18. The third-order valence-electron chi connectivity index (χ3n) is 4.39. The molecule has 0 bridgehead atoms. The summed E-state index contributed by atoms with van der Waals surface area (Å²) in [5, 5.41) is 14.1. The number of carbonyl (C=O) groups excluding carboxylic acids is 1. The van der Waals surface area contributed by atoms with Crippen molar-refractivity contribution in [3.8, 4) is 0 Å². The number of hydrogen-bond acceptors (Lipinski definition) is 3. The minimum Gasteiger partial charge on any atom is -0.391 e.